The zero-order chi connectivity index (χ0) is 11.3. The Bertz CT molecular complexity index is 279. The van der Waals surface area contributed by atoms with E-state index in [0.717, 1.165) is 18.0 Å². The predicted octanol–water partition coefficient (Wildman–Crippen LogP) is 2.70. The molecular formula is C11H20N2OS. The van der Waals surface area contributed by atoms with E-state index in [0.29, 0.717) is 6.04 Å². The van der Waals surface area contributed by atoms with E-state index in [9.17, 15) is 0 Å². The van der Waals surface area contributed by atoms with Gasteiger partial charge in [0, 0.05) is 11.6 Å². The number of hydrogen-bond donors (Lipinski definition) is 1. The Morgan fingerprint density at radius 2 is 2.20 bits per heavy atom. The second-order valence-corrected chi connectivity index (χ2v) is 4.75. The standard InChI is InChI=1S/C11H20N2OS/c1-8(12-6-5-7-15-4)11-9(2)13-14-10(11)3/h8,12H,5-7H2,1-4H3. The molecule has 15 heavy (non-hydrogen) atoms. The van der Waals surface area contributed by atoms with Gasteiger partial charge in [0.15, 0.2) is 0 Å². The average molecular weight is 228 g/mol. The number of nitrogens with zero attached hydrogens (tertiary/aromatic N) is 1. The summed E-state index contributed by atoms with van der Waals surface area (Å²) in [5.41, 5.74) is 2.21. The van der Waals surface area contributed by atoms with E-state index < -0.39 is 0 Å². The van der Waals surface area contributed by atoms with E-state index in [1.807, 2.05) is 25.6 Å². The Labute approximate surface area is 96.0 Å². The summed E-state index contributed by atoms with van der Waals surface area (Å²) in [6.07, 6.45) is 3.34. The molecule has 1 N–H and O–H groups in total. The quantitative estimate of drug-likeness (QED) is 0.760. The minimum absolute atomic E-state index is 0.332. The highest BCUT2D eigenvalue weighted by Gasteiger charge is 2.15. The van der Waals surface area contributed by atoms with Gasteiger partial charge in [0.05, 0.1) is 5.69 Å². The fourth-order valence-electron chi connectivity index (χ4n) is 1.75. The summed E-state index contributed by atoms with van der Waals surface area (Å²) in [5.74, 6) is 2.14. The second-order valence-electron chi connectivity index (χ2n) is 3.76. The van der Waals surface area contributed by atoms with Gasteiger partial charge < -0.3 is 9.84 Å². The summed E-state index contributed by atoms with van der Waals surface area (Å²) >= 11 is 1.89. The first kappa shape index (κ1) is 12.6. The maximum Gasteiger partial charge on any atom is 0.138 e. The zero-order valence-corrected chi connectivity index (χ0v) is 10.8. The highest BCUT2D eigenvalue weighted by Crippen LogP contribution is 2.20. The van der Waals surface area contributed by atoms with Gasteiger partial charge >= 0.3 is 0 Å². The van der Waals surface area contributed by atoms with Crippen molar-refractivity contribution >= 4 is 11.8 Å². The van der Waals surface area contributed by atoms with Gasteiger partial charge in [-0.2, -0.15) is 11.8 Å². The lowest BCUT2D eigenvalue weighted by molar-refractivity contribution is 0.390. The molecule has 0 fully saturated rings. The van der Waals surface area contributed by atoms with Crippen molar-refractivity contribution in [2.24, 2.45) is 0 Å². The molecule has 0 aliphatic carbocycles. The van der Waals surface area contributed by atoms with Crippen LogP contribution in [0, 0.1) is 13.8 Å². The third-order valence-electron chi connectivity index (χ3n) is 2.50. The molecule has 3 nitrogen and oxygen atoms in total. The average Bonchev–Trinajstić information content (AvgIpc) is 2.53. The molecule has 0 amide bonds. The minimum atomic E-state index is 0.332. The molecule has 1 atom stereocenters. The summed E-state index contributed by atoms with van der Waals surface area (Å²) in [5, 5.41) is 7.45. The van der Waals surface area contributed by atoms with Gasteiger partial charge in [-0.1, -0.05) is 5.16 Å². The molecule has 0 aliphatic rings. The molecule has 0 saturated carbocycles. The lowest BCUT2D eigenvalue weighted by Crippen LogP contribution is -2.21. The number of hydrogen-bond acceptors (Lipinski definition) is 4. The first-order valence-electron chi connectivity index (χ1n) is 5.32. The van der Waals surface area contributed by atoms with Crippen LogP contribution >= 0.6 is 11.8 Å². The van der Waals surface area contributed by atoms with Crippen LogP contribution in [0.15, 0.2) is 4.52 Å². The summed E-state index contributed by atoms with van der Waals surface area (Å²) in [7, 11) is 0. The van der Waals surface area contributed by atoms with Crippen molar-refractivity contribution in [1.82, 2.24) is 10.5 Å². The molecule has 0 aromatic carbocycles. The lowest BCUT2D eigenvalue weighted by atomic mass is 10.1. The van der Waals surface area contributed by atoms with Gasteiger partial charge in [-0.25, -0.2) is 0 Å². The highest BCUT2D eigenvalue weighted by molar-refractivity contribution is 7.98. The molecule has 4 heteroatoms. The Morgan fingerprint density at radius 3 is 2.73 bits per heavy atom. The Balaban J connectivity index is 2.43. The van der Waals surface area contributed by atoms with Crippen molar-refractivity contribution in [3.63, 3.8) is 0 Å². The van der Waals surface area contributed by atoms with Crippen LogP contribution in [0.5, 0.6) is 0 Å². The number of rotatable bonds is 6. The van der Waals surface area contributed by atoms with Gasteiger partial charge in [0.25, 0.3) is 0 Å². The maximum atomic E-state index is 5.15. The lowest BCUT2D eigenvalue weighted by Gasteiger charge is -2.13. The van der Waals surface area contributed by atoms with E-state index in [1.165, 1.54) is 17.7 Å². The van der Waals surface area contributed by atoms with Crippen LogP contribution in [-0.2, 0) is 0 Å². The van der Waals surface area contributed by atoms with E-state index >= 15 is 0 Å². The van der Waals surface area contributed by atoms with E-state index in [2.05, 4.69) is 23.7 Å². The van der Waals surface area contributed by atoms with Gasteiger partial charge in [-0.15, -0.1) is 0 Å². The van der Waals surface area contributed by atoms with E-state index in [1.54, 1.807) is 0 Å². The third-order valence-corrected chi connectivity index (χ3v) is 3.19. The first-order chi connectivity index (χ1) is 7.16. The smallest absolute Gasteiger partial charge is 0.138 e. The fourth-order valence-corrected chi connectivity index (χ4v) is 2.18. The van der Waals surface area contributed by atoms with Gasteiger partial charge in [0.2, 0.25) is 0 Å². The summed E-state index contributed by atoms with van der Waals surface area (Å²) in [6.45, 7) is 7.17. The van der Waals surface area contributed by atoms with Crippen molar-refractivity contribution in [3.05, 3.63) is 17.0 Å². The molecule has 1 heterocycles. The number of aryl methyl sites for hydroxylation is 2. The molecule has 1 rings (SSSR count). The van der Waals surface area contributed by atoms with E-state index in [4.69, 9.17) is 4.52 Å². The van der Waals surface area contributed by atoms with Crippen molar-refractivity contribution in [2.75, 3.05) is 18.6 Å². The van der Waals surface area contributed by atoms with Crippen LogP contribution in [0.4, 0.5) is 0 Å². The minimum Gasteiger partial charge on any atom is -0.361 e. The van der Waals surface area contributed by atoms with Gasteiger partial charge in [-0.05, 0) is 45.7 Å². The van der Waals surface area contributed by atoms with Crippen LogP contribution in [0.3, 0.4) is 0 Å². The number of nitrogens with one attached hydrogen (secondary N) is 1. The van der Waals surface area contributed by atoms with Gasteiger partial charge in [-0.3, -0.25) is 0 Å². The molecule has 1 aromatic heterocycles. The normalized spacial score (nSPS) is 13.1. The Morgan fingerprint density at radius 1 is 1.47 bits per heavy atom. The maximum absolute atomic E-state index is 5.15. The molecular weight excluding hydrogens is 208 g/mol. The fraction of sp³-hybridized carbons (Fsp3) is 0.727. The Hall–Kier alpha value is -0.480. The van der Waals surface area contributed by atoms with Crippen molar-refractivity contribution in [3.8, 4) is 0 Å². The molecule has 0 spiro atoms. The van der Waals surface area contributed by atoms with Crippen LogP contribution in [-0.4, -0.2) is 23.7 Å². The van der Waals surface area contributed by atoms with E-state index in [-0.39, 0.29) is 0 Å². The van der Waals surface area contributed by atoms with Crippen molar-refractivity contribution in [2.45, 2.75) is 33.2 Å². The number of aromatic nitrogens is 1. The molecule has 0 saturated heterocycles. The van der Waals surface area contributed by atoms with Crippen LogP contribution in [0.1, 0.15) is 36.4 Å². The third kappa shape index (κ3) is 3.54. The van der Waals surface area contributed by atoms with Crippen LogP contribution in [0.2, 0.25) is 0 Å². The summed E-state index contributed by atoms with van der Waals surface area (Å²) in [4.78, 5) is 0. The summed E-state index contributed by atoms with van der Waals surface area (Å²) in [6, 6.07) is 0.332. The number of thioether (sulfide) groups is 1. The highest BCUT2D eigenvalue weighted by atomic mass is 32.2. The first-order valence-corrected chi connectivity index (χ1v) is 6.71. The second kappa shape index (κ2) is 6.18. The molecule has 1 aromatic rings. The van der Waals surface area contributed by atoms with Crippen LogP contribution < -0.4 is 5.32 Å². The predicted molar refractivity (Wildman–Crippen MR) is 65.4 cm³/mol. The van der Waals surface area contributed by atoms with Crippen molar-refractivity contribution in [1.29, 1.82) is 0 Å². The molecule has 86 valence electrons. The SMILES string of the molecule is CSCCCNC(C)c1c(C)noc1C. The largest absolute Gasteiger partial charge is 0.361 e. The molecule has 0 aliphatic heterocycles. The summed E-state index contributed by atoms with van der Waals surface area (Å²) < 4.78 is 5.15. The zero-order valence-electron chi connectivity index (χ0n) is 9.96. The van der Waals surface area contributed by atoms with Gasteiger partial charge in [0.1, 0.15) is 5.76 Å². The molecule has 0 bridgehead atoms. The monoisotopic (exact) mass is 228 g/mol. The molecule has 0 radical (unpaired) electrons. The van der Waals surface area contributed by atoms with Crippen LogP contribution in [0.25, 0.3) is 0 Å². The molecule has 1 unspecified atom stereocenters. The van der Waals surface area contributed by atoms with Crippen molar-refractivity contribution < 1.29 is 4.52 Å². The Kier molecular flexibility index (Phi) is 5.19. The topological polar surface area (TPSA) is 38.1 Å².